The Morgan fingerprint density at radius 3 is 1.98 bits per heavy atom. The van der Waals surface area contributed by atoms with E-state index in [2.05, 4.69) is 100 Å². The normalized spacial score (nSPS) is 11.3. The molecule has 0 aliphatic carbocycles. The minimum atomic E-state index is 0.566. The summed E-state index contributed by atoms with van der Waals surface area (Å²) in [7, 11) is 0. The number of nitrogens with zero attached hydrogens (tertiary/aromatic N) is 3. The van der Waals surface area contributed by atoms with E-state index in [1.807, 2.05) is 42.5 Å². The molecule has 0 fully saturated rings. The Balaban J connectivity index is 1.35. The lowest BCUT2D eigenvalue weighted by Crippen LogP contribution is -1.98. The maximum Gasteiger partial charge on any atom is 0.211 e. The molecule has 0 aliphatic heterocycles. The third-order valence-electron chi connectivity index (χ3n) is 8.08. The zero-order valence-corrected chi connectivity index (χ0v) is 23.2. The van der Waals surface area contributed by atoms with Crippen LogP contribution in [0.1, 0.15) is 5.56 Å². The van der Waals surface area contributed by atoms with E-state index in [9.17, 15) is 5.26 Å². The second-order valence-corrected chi connectivity index (χ2v) is 11.4. The van der Waals surface area contributed by atoms with E-state index in [0.29, 0.717) is 11.3 Å². The molecule has 0 saturated carbocycles. The largest absolute Gasteiger partial charge is 0.318 e. The van der Waals surface area contributed by atoms with Crippen LogP contribution in [0.15, 0.2) is 127 Å². The van der Waals surface area contributed by atoms with Crippen LogP contribution in [0, 0.1) is 17.9 Å². The van der Waals surface area contributed by atoms with Gasteiger partial charge in [0.05, 0.1) is 34.9 Å². The molecule has 4 heteroatoms. The summed E-state index contributed by atoms with van der Waals surface area (Å²) in [5, 5.41) is 15.1. The number of nitriles is 1. The van der Waals surface area contributed by atoms with Gasteiger partial charge in [0.15, 0.2) is 0 Å². The van der Waals surface area contributed by atoms with Gasteiger partial charge in [0.1, 0.15) is 0 Å². The third-order valence-corrected chi connectivity index (χ3v) is 9.23. The molecule has 8 rings (SSSR count). The van der Waals surface area contributed by atoms with Crippen LogP contribution < -0.4 is 0 Å². The van der Waals surface area contributed by atoms with Gasteiger partial charge in [-0.05, 0) is 58.7 Å². The molecule has 0 aliphatic rings. The molecule has 2 aromatic heterocycles. The fourth-order valence-electron chi connectivity index (χ4n) is 6.20. The van der Waals surface area contributed by atoms with Crippen LogP contribution in [0.3, 0.4) is 0 Å². The monoisotopic (exact) mass is 551 g/mol. The highest BCUT2D eigenvalue weighted by atomic mass is 32.1. The van der Waals surface area contributed by atoms with Gasteiger partial charge in [-0.15, -0.1) is 11.3 Å². The lowest BCUT2D eigenvalue weighted by atomic mass is 9.93. The summed E-state index contributed by atoms with van der Waals surface area (Å²) in [5.41, 5.74) is 7.83. The summed E-state index contributed by atoms with van der Waals surface area (Å²) in [6.45, 7) is 8.06. The minimum Gasteiger partial charge on any atom is -0.318 e. The van der Waals surface area contributed by atoms with Gasteiger partial charge in [0.2, 0.25) is 5.69 Å². The molecule has 194 valence electrons. The Bertz CT molecular complexity index is 2390. The van der Waals surface area contributed by atoms with Gasteiger partial charge < -0.3 is 4.57 Å². The predicted octanol–water partition coefficient (Wildman–Crippen LogP) is 10.9. The second kappa shape index (κ2) is 9.46. The molecule has 3 nitrogen and oxygen atoms in total. The maximum absolute atomic E-state index is 10.3. The summed E-state index contributed by atoms with van der Waals surface area (Å²) in [4.78, 5) is 3.95. The van der Waals surface area contributed by atoms with Crippen molar-refractivity contribution in [3.05, 3.63) is 144 Å². The smallest absolute Gasteiger partial charge is 0.211 e. The van der Waals surface area contributed by atoms with Gasteiger partial charge >= 0.3 is 0 Å². The molecule has 0 unspecified atom stereocenters. The molecule has 0 bridgehead atoms. The van der Waals surface area contributed by atoms with Gasteiger partial charge in [0.25, 0.3) is 0 Å². The zero-order chi connectivity index (χ0) is 28.2. The fourth-order valence-corrected chi connectivity index (χ4v) is 7.29. The molecule has 0 spiro atoms. The van der Waals surface area contributed by atoms with Gasteiger partial charge in [0, 0.05) is 30.9 Å². The second-order valence-electron chi connectivity index (χ2n) is 10.3. The number of benzene rings is 6. The molecule has 6 aromatic carbocycles. The summed E-state index contributed by atoms with van der Waals surface area (Å²) in [6.07, 6.45) is 0. The van der Waals surface area contributed by atoms with Gasteiger partial charge in [-0.3, -0.25) is 0 Å². The Labute approximate surface area is 246 Å². The fraction of sp³-hybridized carbons (Fsp3) is 0. The molecule has 0 N–H and O–H groups in total. The van der Waals surface area contributed by atoms with E-state index in [-0.39, 0.29) is 0 Å². The van der Waals surface area contributed by atoms with Crippen LogP contribution in [0.25, 0.3) is 74.8 Å². The molecular weight excluding hydrogens is 531 g/mol. The number of rotatable bonds is 3. The molecule has 0 radical (unpaired) electrons. The van der Waals surface area contributed by atoms with Crippen molar-refractivity contribution in [1.29, 1.82) is 5.26 Å². The number of hydrogen-bond donors (Lipinski definition) is 0. The lowest BCUT2D eigenvalue weighted by molar-refractivity contribution is 1.19. The van der Waals surface area contributed by atoms with Gasteiger partial charge in [-0.2, -0.15) is 5.26 Å². The van der Waals surface area contributed by atoms with Crippen LogP contribution in [-0.4, -0.2) is 4.57 Å². The number of hydrogen-bond acceptors (Lipinski definition) is 2. The Kier molecular flexibility index (Phi) is 5.44. The Morgan fingerprint density at radius 2 is 1.24 bits per heavy atom. The van der Waals surface area contributed by atoms with Crippen LogP contribution in [0.2, 0.25) is 0 Å². The summed E-state index contributed by atoms with van der Waals surface area (Å²) in [5.74, 6) is 0. The Hall–Kier alpha value is -5.68. The summed E-state index contributed by atoms with van der Waals surface area (Å²) < 4.78 is 4.70. The van der Waals surface area contributed by atoms with E-state index in [1.54, 1.807) is 11.3 Å². The van der Waals surface area contributed by atoms with Crippen molar-refractivity contribution in [3.8, 4) is 34.0 Å². The Morgan fingerprint density at radius 1 is 0.595 bits per heavy atom. The van der Waals surface area contributed by atoms with Crippen molar-refractivity contribution in [2.24, 2.45) is 0 Å². The average Bonchev–Trinajstić information content (AvgIpc) is 3.59. The first-order valence-corrected chi connectivity index (χ1v) is 14.5. The van der Waals surface area contributed by atoms with Crippen molar-refractivity contribution in [1.82, 2.24) is 4.57 Å². The molecule has 2 heterocycles. The van der Waals surface area contributed by atoms with E-state index in [0.717, 1.165) is 49.7 Å². The highest BCUT2D eigenvalue weighted by Crippen LogP contribution is 2.42. The molecule has 0 saturated heterocycles. The van der Waals surface area contributed by atoms with Gasteiger partial charge in [-0.25, -0.2) is 4.85 Å². The van der Waals surface area contributed by atoms with E-state index in [4.69, 9.17) is 6.57 Å². The quantitative estimate of drug-likeness (QED) is 0.201. The first kappa shape index (κ1) is 24.1. The third kappa shape index (κ3) is 3.57. The molecule has 8 aromatic rings. The molecule has 0 atom stereocenters. The SMILES string of the molecule is [C-]#[N+]c1cccc(-c2ccc(-c3ccc4sc5ccccc5c4c3)c(C#N)c2)c1-n1c2ccccc2c2ccccc21. The predicted molar refractivity (Wildman–Crippen MR) is 176 cm³/mol. The highest BCUT2D eigenvalue weighted by molar-refractivity contribution is 7.25. The van der Waals surface area contributed by atoms with Crippen molar-refractivity contribution in [2.75, 3.05) is 0 Å². The maximum atomic E-state index is 10.3. The number of fused-ring (bicyclic) bond motifs is 6. The summed E-state index contributed by atoms with van der Waals surface area (Å²) in [6, 6.07) is 46.0. The summed E-state index contributed by atoms with van der Waals surface area (Å²) >= 11 is 1.79. The molecular formula is C38H21N3S. The number of aromatic nitrogens is 1. The minimum absolute atomic E-state index is 0.566. The lowest BCUT2D eigenvalue weighted by Gasteiger charge is -2.17. The molecule has 0 amide bonds. The van der Waals surface area contributed by atoms with Crippen molar-refractivity contribution >= 4 is 59.0 Å². The first-order valence-electron chi connectivity index (χ1n) is 13.7. The number of para-hydroxylation sites is 3. The standard InChI is InChI=1S/C38H21N3S/c1-40-33-13-8-12-28(38(33)41-34-14-5-2-9-29(34)30-10-3-6-15-35(30)41)24-17-19-27(26(21-24)23-39)25-18-20-37-32(22-25)31-11-4-7-16-36(31)42-37/h2-22H. The number of thiophene rings is 1. The van der Waals surface area contributed by atoms with Crippen LogP contribution in [-0.2, 0) is 0 Å². The van der Waals surface area contributed by atoms with Crippen molar-refractivity contribution in [3.63, 3.8) is 0 Å². The molecule has 42 heavy (non-hydrogen) atoms. The highest BCUT2D eigenvalue weighted by Gasteiger charge is 2.19. The topological polar surface area (TPSA) is 33.1 Å². The van der Waals surface area contributed by atoms with E-state index in [1.165, 1.54) is 20.2 Å². The van der Waals surface area contributed by atoms with Crippen molar-refractivity contribution in [2.45, 2.75) is 0 Å². The van der Waals surface area contributed by atoms with E-state index < -0.39 is 0 Å². The first-order chi connectivity index (χ1) is 20.7. The zero-order valence-electron chi connectivity index (χ0n) is 22.4. The van der Waals surface area contributed by atoms with Gasteiger partial charge in [-0.1, -0.05) is 91.0 Å². The average molecular weight is 552 g/mol. The van der Waals surface area contributed by atoms with E-state index >= 15 is 0 Å². The van der Waals surface area contributed by atoms with Crippen molar-refractivity contribution < 1.29 is 0 Å². The van der Waals surface area contributed by atoms with Crippen LogP contribution in [0.5, 0.6) is 0 Å². The van der Waals surface area contributed by atoms with Crippen LogP contribution in [0.4, 0.5) is 5.69 Å². The van der Waals surface area contributed by atoms with Crippen LogP contribution >= 0.6 is 11.3 Å².